The molecular weight excluding hydrogens is 573 g/mol. The number of hydrazone groups is 1. The molecular formula is C31H24IN3O2. The zero-order chi connectivity index (χ0) is 25.4. The summed E-state index contributed by atoms with van der Waals surface area (Å²) in [4.78, 5) is 27.6. The van der Waals surface area contributed by atoms with Gasteiger partial charge in [-0.2, -0.15) is 10.1 Å². The van der Waals surface area contributed by atoms with E-state index in [1.807, 2.05) is 43.3 Å². The SMILES string of the molecule is Cc1cc(/C=N\N2C(=O)[C@H]3C4c5ccccc5C(c5ccccc54)[C@@H]3C2=O)c(C)n1-c1ccccc1I. The average molecular weight is 597 g/mol. The fourth-order valence-corrected chi connectivity index (χ4v) is 7.45. The van der Waals surface area contributed by atoms with Crippen LogP contribution in [0.5, 0.6) is 0 Å². The minimum atomic E-state index is -0.419. The molecule has 2 bridgehead atoms. The van der Waals surface area contributed by atoms with E-state index < -0.39 is 11.8 Å². The number of para-hydroxylation sites is 1. The van der Waals surface area contributed by atoms with Crippen LogP contribution in [0.4, 0.5) is 0 Å². The summed E-state index contributed by atoms with van der Waals surface area (Å²) in [5, 5.41) is 5.67. The smallest absolute Gasteiger partial charge is 0.254 e. The third kappa shape index (κ3) is 3.11. The van der Waals surface area contributed by atoms with Gasteiger partial charge in [-0.3, -0.25) is 9.59 Å². The molecule has 3 aliphatic carbocycles. The van der Waals surface area contributed by atoms with Crippen molar-refractivity contribution in [2.75, 3.05) is 0 Å². The molecule has 5 nitrogen and oxygen atoms in total. The van der Waals surface area contributed by atoms with Crippen molar-refractivity contribution in [2.24, 2.45) is 16.9 Å². The van der Waals surface area contributed by atoms with Crippen LogP contribution in [0.25, 0.3) is 5.69 Å². The lowest BCUT2D eigenvalue weighted by Gasteiger charge is -2.45. The Morgan fingerprint density at radius 1 is 0.757 bits per heavy atom. The molecule has 1 saturated heterocycles. The number of halogens is 1. The highest BCUT2D eigenvalue weighted by Gasteiger charge is 2.61. The minimum absolute atomic E-state index is 0.121. The Morgan fingerprint density at radius 2 is 1.24 bits per heavy atom. The second-order valence-corrected chi connectivity index (χ2v) is 11.3. The maximum Gasteiger partial charge on any atom is 0.254 e. The lowest BCUT2D eigenvalue weighted by Crippen LogP contribution is -2.41. The number of carbonyl (C=O) groups is 2. The summed E-state index contributed by atoms with van der Waals surface area (Å²) in [5.41, 5.74) is 8.75. The first-order valence-electron chi connectivity index (χ1n) is 12.5. The fraction of sp³-hybridized carbons (Fsp3) is 0.194. The van der Waals surface area contributed by atoms with Gasteiger partial charge < -0.3 is 4.57 Å². The molecule has 37 heavy (non-hydrogen) atoms. The zero-order valence-electron chi connectivity index (χ0n) is 20.4. The molecule has 2 heterocycles. The highest BCUT2D eigenvalue weighted by atomic mass is 127. The van der Waals surface area contributed by atoms with Crippen molar-refractivity contribution in [3.63, 3.8) is 0 Å². The van der Waals surface area contributed by atoms with Crippen LogP contribution in [-0.2, 0) is 9.59 Å². The first kappa shape index (κ1) is 22.7. The van der Waals surface area contributed by atoms with E-state index in [2.05, 4.69) is 81.6 Å². The molecule has 3 aromatic carbocycles. The largest absolute Gasteiger partial charge is 0.317 e. The van der Waals surface area contributed by atoms with Crippen LogP contribution in [0.15, 0.2) is 84.0 Å². The number of carbonyl (C=O) groups excluding carboxylic acids is 2. The van der Waals surface area contributed by atoms with Gasteiger partial charge in [0.2, 0.25) is 0 Å². The standard InChI is InChI=1S/C31H24IN3O2/c1-17-15-19(18(2)34(17)25-14-8-7-13-24(25)32)16-33-35-30(36)28-26-20-9-3-4-10-21(20)27(29(28)31(35)37)23-12-6-5-11-22(23)26/h3-16,26-29H,1-2H3/b33-16-/t26?,27?,28-,29-/m0/s1. The molecule has 4 aromatic rings. The van der Waals surface area contributed by atoms with Gasteiger partial charge in [0, 0.05) is 32.4 Å². The van der Waals surface area contributed by atoms with Crippen molar-refractivity contribution >= 4 is 40.6 Å². The van der Waals surface area contributed by atoms with Crippen LogP contribution < -0.4 is 0 Å². The van der Waals surface area contributed by atoms with Crippen LogP contribution in [0.2, 0.25) is 0 Å². The monoisotopic (exact) mass is 597 g/mol. The summed E-state index contributed by atoms with van der Waals surface area (Å²) in [7, 11) is 0. The Labute approximate surface area is 228 Å². The second kappa shape index (κ2) is 8.25. The maximum atomic E-state index is 13.8. The lowest BCUT2D eigenvalue weighted by molar-refractivity contribution is -0.139. The number of nitrogens with zero attached hydrogens (tertiary/aromatic N) is 3. The van der Waals surface area contributed by atoms with Gasteiger partial charge in [-0.05, 0) is 76.9 Å². The topological polar surface area (TPSA) is 54.7 Å². The lowest BCUT2D eigenvalue weighted by atomic mass is 9.55. The Morgan fingerprint density at radius 3 is 1.76 bits per heavy atom. The molecule has 0 saturated carbocycles. The van der Waals surface area contributed by atoms with Gasteiger partial charge in [0.05, 0.1) is 23.7 Å². The predicted molar refractivity (Wildman–Crippen MR) is 151 cm³/mol. The number of rotatable bonds is 3. The van der Waals surface area contributed by atoms with Crippen molar-refractivity contribution in [1.29, 1.82) is 0 Å². The average Bonchev–Trinajstić information content (AvgIpc) is 3.34. The van der Waals surface area contributed by atoms with E-state index in [-0.39, 0.29) is 23.7 Å². The first-order valence-corrected chi connectivity index (χ1v) is 13.6. The number of benzene rings is 3. The molecule has 0 spiro atoms. The molecule has 0 N–H and O–H groups in total. The summed E-state index contributed by atoms with van der Waals surface area (Å²) in [5.74, 6) is -1.47. The van der Waals surface area contributed by atoms with E-state index in [1.165, 1.54) is 22.3 Å². The van der Waals surface area contributed by atoms with Crippen LogP contribution in [0.3, 0.4) is 0 Å². The summed E-state index contributed by atoms with van der Waals surface area (Å²) in [6.07, 6.45) is 1.67. The van der Waals surface area contributed by atoms with Gasteiger partial charge in [-0.25, -0.2) is 0 Å². The Hall–Kier alpha value is -3.52. The number of amides is 2. The van der Waals surface area contributed by atoms with Crippen molar-refractivity contribution in [2.45, 2.75) is 25.7 Å². The number of hydrogen-bond donors (Lipinski definition) is 0. The molecule has 1 fully saturated rings. The fourth-order valence-electron chi connectivity index (χ4n) is 6.82. The third-order valence-electron chi connectivity index (χ3n) is 8.30. The van der Waals surface area contributed by atoms with Gasteiger partial charge in [-0.15, -0.1) is 0 Å². The van der Waals surface area contributed by atoms with E-state index in [4.69, 9.17) is 0 Å². The Bertz CT molecular complexity index is 1540. The molecule has 182 valence electrons. The quantitative estimate of drug-likeness (QED) is 0.167. The molecule has 0 unspecified atom stereocenters. The van der Waals surface area contributed by atoms with Crippen molar-refractivity contribution < 1.29 is 9.59 Å². The summed E-state index contributed by atoms with van der Waals surface area (Å²) in [6.45, 7) is 4.10. The normalized spacial score (nSPS) is 23.5. The number of hydrogen-bond acceptors (Lipinski definition) is 3. The van der Waals surface area contributed by atoms with E-state index >= 15 is 0 Å². The molecule has 4 aliphatic rings. The zero-order valence-corrected chi connectivity index (χ0v) is 22.6. The van der Waals surface area contributed by atoms with E-state index in [0.717, 1.165) is 31.2 Å². The van der Waals surface area contributed by atoms with Crippen molar-refractivity contribution in [1.82, 2.24) is 9.58 Å². The van der Waals surface area contributed by atoms with E-state index in [1.54, 1.807) is 6.21 Å². The van der Waals surface area contributed by atoms with E-state index in [0.29, 0.717) is 0 Å². The van der Waals surface area contributed by atoms with Crippen LogP contribution in [0.1, 0.15) is 51.0 Å². The van der Waals surface area contributed by atoms with Gasteiger partial charge >= 0.3 is 0 Å². The molecule has 2 atom stereocenters. The summed E-state index contributed by atoms with van der Waals surface area (Å²) in [6, 6.07) is 26.8. The summed E-state index contributed by atoms with van der Waals surface area (Å²) >= 11 is 2.34. The highest BCUT2D eigenvalue weighted by Crippen LogP contribution is 2.60. The maximum absolute atomic E-state index is 13.8. The molecule has 1 aliphatic heterocycles. The molecule has 6 heteroatoms. The van der Waals surface area contributed by atoms with Crippen molar-refractivity contribution in [3.05, 3.63) is 122 Å². The number of aryl methyl sites for hydroxylation is 1. The number of imide groups is 1. The first-order chi connectivity index (χ1) is 18.0. The van der Waals surface area contributed by atoms with Crippen LogP contribution in [-0.4, -0.2) is 27.6 Å². The van der Waals surface area contributed by atoms with Crippen LogP contribution in [0, 0.1) is 29.3 Å². The molecule has 0 radical (unpaired) electrons. The minimum Gasteiger partial charge on any atom is -0.317 e. The third-order valence-corrected chi connectivity index (χ3v) is 9.21. The highest BCUT2D eigenvalue weighted by molar-refractivity contribution is 14.1. The summed E-state index contributed by atoms with van der Waals surface area (Å²) < 4.78 is 3.33. The molecule has 8 rings (SSSR count). The van der Waals surface area contributed by atoms with Crippen molar-refractivity contribution in [3.8, 4) is 5.69 Å². The van der Waals surface area contributed by atoms with Gasteiger partial charge in [-0.1, -0.05) is 60.7 Å². The molecule has 1 aromatic heterocycles. The Balaban J connectivity index is 1.28. The second-order valence-electron chi connectivity index (χ2n) is 10.1. The Kier molecular flexibility index (Phi) is 5.05. The number of aromatic nitrogens is 1. The van der Waals surface area contributed by atoms with E-state index in [9.17, 15) is 9.59 Å². The van der Waals surface area contributed by atoms with Crippen LogP contribution >= 0.6 is 22.6 Å². The molecule has 2 amide bonds. The van der Waals surface area contributed by atoms with Gasteiger partial charge in [0.1, 0.15) is 0 Å². The van der Waals surface area contributed by atoms with Gasteiger partial charge in [0.25, 0.3) is 11.8 Å². The van der Waals surface area contributed by atoms with Gasteiger partial charge in [0.15, 0.2) is 0 Å². The predicted octanol–water partition coefficient (Wildman–Crippen LogP) is 5.92.